The molecule has 2 aromatic rings. The minimum Gasteiger partial charge on any atom is -0.389 e. The van der Waals surface area contributed by atoms with E-state index in [2.05, 4.69) is 4.98 Å². The minimum absolute atomic E-state index is 0.328. The van der Waals surface area contributed by atoms with Gasteiger partial charge in [0.05, 0.1) is 5.60 Å². The van der Waals surface area contributed by atoms with Crippen LogP contribution in [0.2, 0.25) is 0 Å². The topological polar surface area (TPSA) is 73.7 Å². The second kappa shape index (κ2) is 7.33. The summed E-state index contributed by atoms with van der Waals surface area (Å²) in [6.07, 6.45) is 3.50. The number of rotatable bonds is 4. The van der Waals surface area contributed by atoms with Crippen LogP contribution >= 0.6 is 0 Å². The van der Waals surface area contributed by atoms with Crippen LogP contribution in [0.5, 0.6) is 0 Å². The van der Waals surface area contributed by atoms with Gasteiger partial charge in [0.15, 0.2) is 6.10 Å². The molecule has 0 bridgehead atoms. The Morgan fingerprint density at radius 2 is 1.92 bits per heavy atom. The Labute approximate surface area is 147 Å². The van der Waals surface area contributed by atoms with E-state index in [9.17, 15) is 15.0 Å². The van der Waals surface area contributed by atoms with Crippen molar-refractivity contribution in [1.29, 1.82) is 0 Å². The number of likely N-dealkylation sites (tertiary alicyclic amines) is 1. The van der Waals surface area contributed by atoms with Crippen LogP contribution in [0, 0.1) is 6.92 Å². The normalized spacial score (nSPS) is 18.0. The molecule has 1 unspecified atom stereocenters. The van der Waals surface area contributed by atoms with Crippen molar-refractivity contribution in [2.45, 2.75) is 37.9 Å². The van der Waals surface area contributed by atoms with Crippen LogP contribution in [0.3, 0.4) is 0 Å². The predicted molar refractivity (Wildman–Crippen MR) is 94.8 cm³/mol. The number of aryl methyl sites for hydroxylation is 1. The molecule has 0 aliphatic carbocycles. The standard InChI is InChI=1S/C20H24N2O3/c1-15-4-6-16(7-5-15)13-20(25)8-11-22(12-9-20)19(24)18(23)17-3-2-10-21-14-17/h2-7,10,14,18,23,25H,8-9,11-13H2,1H3. The Morgan fingerprint density at radius 1 is 1.24 bits per heavy atom. The number of hydrogen-bond donors (Lipinski definition) is 2. The third-order valence-corrected chi connectivity index (χ3v) is 4.89. The van der Waals surface area contributed by atoms with E-state index in [1.807, 2.05) is 31.2 Å². The number of carbonyl (C=O) groups excluding carboxylic acids is 1. The molecule has 0 spiro atoms. The maximum Gasteiger partial charge on any atom is 0.256 e. The lowest BCUT2D eigenvalue weighted by molar-refractivity contribution is -0.144. The van der Waals surface area contributed by atoms with Crippen LogP contribution in [0.4, 0.5) is 0 Å². The van der Waals surface area contributed by atoms with E-state index in [-0.39, 0.29) is 5.91 Å². The zero-order valence-electron chi connectivity index (χ0n) is 14.4. The van der Waals surface area contributed by atoms with E-state index in [0.717, 1.165) is 5.56 Å². The van der Waals surface area contributed by atoms with Crippen LogP contribution < -0.4 is 0 Å². The van der Waals surface area contributed by atoms with E-state index in [1.165, 1.54) is 11.8 Å². The molecule has 1 fully saturated rings. The molecule has 0 saturated carbocycles. The SMILES string of the molecule is Cc1ccc(CC2(O)CCN(C(=O)C(O)c3cccnc3)CC2)cc1. The second-order valence-electron chi connectivity index (χ2n) is 6.90. The maximum absolute atomic E-state index is 12.5. The molecule has 3 rings (SSSR count). The first kappa shape index (κ1) is 17.6. The lowest BCUT2D eigenvalue weighted by Crippen LogP contribution is -2.49. The molecule has 1 aromatic carbocycles. The molecule has 1 saturated heterocycles. The van der Waals surface area contributed by atoms with E-state index in [1.54, 1.807) is 23.2 Å². The van der Waals surface area contributed by atoms with Crippen molar-refractivity contribution >= 4 is 5.91 Å². The van der Waals surface area contributed by atoms with Gasteiger partial charge < -0.3 is 15.1 Å². The highest BCUT2D eigenvalue weighted by molar-refractivity contribution is 5.82. The molecule has 5 nitrogen and oxygen atoms in total. The Hall–Kier alpha value is -2.24. The van der Waals surface area contributed by atoms with Gasteiger partial charge in [0.1, 0.15) is 0 Å². The Kier molecular flexibility index (Phi) is 5.16. The van der Waals surface area contributed by atoms with Gasteiger partial charge in [-0.2, -0.15) is 0 Å². The lowest BCUT2D eigenvalue weighted by atomic mass is 9.85. The second-order valence-corrected chi connectivity index (χ2v) is 6.90. The van der Waals surface area contributed by atoms with Crippen LogP contribution in [-0.2, 0) is 11.2 Å². The number of aromatic nitrogens is 1. The lowest BCUT2D eigenvalue weighted by Gasteiger charge is -2.39. The fraction of sp³-hybridized carbons (Fsp3) is 0.400. The molecule has 2 heterocycles. The van der Waals surface area contributed by atoms with Gasteiger partial charge in [-0.05, 0) is 31.4 Å². The van der Waals surface area contributed by atoms with Gasteiger partial charge in [-0.25, -0.2) is 0 Å². The third-order valence-electron chi connectivity index (χ3n) is 4.89. The first-order valence-electron chi connectivity index (χ1n) is 8.62. The number of benzene rings is 1. The first-order valence-corrected chi connectivity index (χ1v) is 8.62. The number of amides is 1. The van der Waals surface area contributed by atoms with Gasteiger partial charge in [0, 0.05) is 37.5 Å². The minimum atomic E-state index is -1.20. The van der Waals surface area contributed by atoms with Gasteiger partial charge in [-0.1, -0.05) is 35.9 Å². The predicted octanol–water partition coefficient (Wildman–Crippen LogP) is 2.02. The van der Waals surface area contributed by atoms with Crippen LogP contribution in [0.15, 0.2) is 48.8 Å². The zero-order valence-corrected chi connectivity index (χ0v) is 14.4. The highest BCUT2D eigenvalue weighted by Crippen LogP contribution is 2.28. The highest BCUT2D eigenvalue weighted by atomic mass is 16.3. The van der Waals surface area contributed by atoms with Crippen molar-refractivity contribution in [3.63, 3.8) is 0 Å². The first-order chi connectivity index (χ1) is 12.0. The van der Waals surface area contributed by atoms with Gasteiger partial charge >= 0.3 is 0 Å². The molecule has 5 heteroatoms. The highest BCUT2D eigenvalue weighted by Gasteiger charge is 2.35. The Balaban J connectivity index is 1.59. The number of aliphatic hydroxyl groups is 2. The number of hydrogen-bond acceptors (Lipinski definition) is 4. The Morgan fingerprint density at radius 3 is 2.52 bits per heavy atom. The van der Waals surface area contributed by atoms with Gasteiger partial charge in [-0.3, -0.25) is 9.78 Å². The summed E-state index contributed by atoms with van der Waals surface area (Å²) in [6, 6.07) is 11.5. The molecule has 1 aliphatic rings. The van der Waals surface area contributed by atoms with Crippen molar-refractivity contribution in [2.75, 3.05) is 13.1 Å². The van der Waals surface area contributed by atoms with Crippen molar-refractivity contribution in [1.82, 2.24) is 9.88 Å². The summed E-state index contributed by atoms with van der Waals surface area (Å²) in [6.45, 7) is 2.92. The molecular formula is C20H24N2O3. The summed E-state index contributed by atoms with van der Waals surface area (Å²) in [5, 5.41) is 21.1. The third kappa shape index (κ3) is 4.24. The summed E-state index contributed by atoms with van der Waals surface area (Å²) in [4.78, 5) is 18.0. The van der Waals surface area contributed by atoms with Gasteiger partial charge in [0.25, 0.3) is 5.91 Å². The largest absolute Gasteiger partial charge is 0.389 e. The van der Waals surface area contributed by atoms with Crippen molar-refractivity contribution in [3.05, 3.63) is 65.5 Å². The van der Waals surface area contributed by atoms with Gasteiger partial charge in [-0.15, -0.1) is 0 Å². The molecule has 132 valence electrons. The molecule has 1 aliphatic heterocycles. The number of aliphatic hydroxyl groups excluding tert-OH is 1. The average molecular weight is 340 g/mol. The van der Waals surface area contributed by atoms with Crippen molar-refractivity contribution in [2.24, 2.45) is 0 Å². The number of piperidine rings is 1. The van der Waals surface area contributed by atoms with Gasteiger partial charge in [0.2, 0.25) is 0 Å². The number of carbonyl (C=O) groups is 1. The van der Waals surface area contributed by atoms with E-state index < -0.39 is 11.7 Å². The average Bonchev–Trinajstić information content (AvgIpc) is 2.64. The Bertz CT molecular complexity index is 707. The van der Waals surface area contributed by atoms with Crippen LogP contribution in [0.1, 0.15) is 35.6 Å². The smallest absolute Gasteiger partial charge is 0.256 e. The van der Waals surface area contributed by atoms with Crippen LogP contribution in [-0.4, -0.2) is 44.7 Å². The summed E-state index contributed by atoms with van der Waals surface area (Å²) in [5.41, 5.74) is 1.99. The molecule has 2 N–H and O–H groups in total. The van der Waals surface area contributed by atoms with E-state index in [0.29, 0.717) is 37.9 Å². The van der Waals surface area contributed by atoms with Crippen LogP contribution in [0.25, 0.3) is 0 Å². The van der Waals surface area contributed by atoms with E-state index in [4.69, 9.17) is 0 Å². The maximum atomic E-state index is 12.5. The van der Waals surface area contributed by atoms with Crippen molar-refractivity contribution < 1.29 is 15.0 Å². The zero-order chi connectivity index (χ0) is 17.9. The fourth-order valence-electron chi connectivity index (χ4n) is 3.26. The molecule has 1 atom stereocenters. The molecule has 0 radical (unpaired) electrons. The van der Waals surface area contributed by atoms with Crippen molar-refractivity contribution in [3.8, 4) is 0 Å². The monoisotopic (exact) mass is 340 g/mol. The molecule has 1 aromatic heterocycles. The summed E-state index contributed by atoms with van der Waals surface area (Å²) in [7, 11) is 0. The quantitative estimate of drug-likeness (QED) is 0.893. The number of pyridine rings is 1. The summed E-state index contributed by atoms with van der Waals surface area (Å²) in [5.74, 6) is -0.328. The molecular weight excluding hydrogens is 316 g/mol. The molecule has 25 heavy (non-hydrogen) atoms. The van der Waals surface area contributed by atoms with E-state index >= 15 is 0 Å². The molecule has 1 amide bonds. The summed E-state index contributed by atoms with van der Waals surface area (Å²) < 4.78 is 0. The summed E-state index contributed by atoms with van der Waals surface area (Å²) >= 11 is 0. The number of nitrogens with zero attached hydrogens (tertiary/aromatic N) is 2. The fourth-order valence-corrected chi connectivity index (χ4v) is 3.26.